The standard InChI is InChI=1S/C113H79B2N5S/c1-112(2,3)78-66-103-109-104(67-78)120(111-85(76-42-15-6-16-43-76)56-37-57-86(111)77-44-17-7-18-45-77)102-73-108-92(71-96(102)114(109)93-60-31-35-64-99(93)117(103)80-48-21-9-22-49-80)113(89-58-29-25-54-87(89)88-55-26-30-59-90(88)113)91-70-95-101(72-107(91)121-108)118(81-50-23-10-24-51-81)105-68-82(116(79-46-19-8-20-47-79)97-62-33-27-52-83(97)74-38-11-4-12-39-74)69-106-110(105)115(95)94-61-32-36-65-100(94)119(106)98-63-34-28-53-84(98)75-40-13-5-14-41-75/h4-73H,1-3H3. The van der Waals surface area contributed by atoms with E-state index in [0.29, 0.717) is 0 Å². The Balaban J connectivity index is 0.823. The normalized spacial score (nSPS) is 13.7. The van der Waals surface area contributed by atoms with Crippen LogP contribution < -0.4 is 57.3 Å². The van der Waals surface area contributed by atoms with E-state index in [-0.39, 0.29) is 18.8 Å². The van der Waals surface area contributed by atoms with Crippen molar-refractivity contribution in [2.45, 2.75) is 41.4 Å². The molecular weight excluding hydrogens is 1480 g/mol. The third kappa shape index (κ3) is 10.8. The Kier molecular flexibility index (Phi) is 16.2. The fraction of sp³-hybridized carbons (Fsp3) is 0.0442. The van der Waals surface area contributed by atoms with Gasteiger partial charge in [-0.15, -0.1) is 0 Å². The fourth-order valence-corrected chi connectivity index (χ4v) is 22.3. The maximum atomic E-state index is 2.74. The first-order valence-electron chi connectivity index (χ1n) is 42.2. The van der Waals surface area contributed by atoms with Crippen LogP contribution in [0.5, 0.6) is 0 Å². The van der Waals surface area contributed by atoms with Crippen molar-refractivity contribution in [3.8, 4) is 55.6 Å². The smallest absolute Gasteiger partial charge is 0.252 e. The molecule has 0 saturated heterocycles. The molecule has 0 radical (unpaired) electrons. The van der Waals surface area contributed by atoms with Gasteiger partial charge in [0, 0.05) is 94.6 Å². The number of nitrogens with zero attached hydrogens (tertiary/aromatic N) is 5. The first kappa shape index (κ1) is 70.6. The van der Waals surface area contributed by atoms with Gasteiger partial charge in [0.15, 0.2) is 0 Å². The molecule has 18 aromatic rings. The summed E-state index contributed by atoms with van der Waals surface area (Å²) >= 11 is 1.95. The highest BCUT2D eigenvalue weighted by molar-refractivity contribution is 7.99. The minimum absolute atomic E-state index is 0.202. The first-order valence-corrected chi connectivity index (χ1v) is 43.0. The maximum Gasteiger partial charge on any atom is 0.252 e. The van der Waals surface area contributed by atoms with Crippen LogP contribution in [0.3, 0.4) is 0 Å². The summed E-state index contributed by atoms with van der Waals surface area (Å²) in [6.07, 6.45) is 0. The molecule has 0 bridgehead atoms. The summed E-state index contributed by atoms with van der Waals surface area (Å²) in [7, 11) is 0. The molecule has 0 amide bonds. The SMILES string of the molecule is CC(C)(C)c1cc2c3c(c1)N(c1c(-c4ccccc4)cccc1-c1ccccc1)c1cc4c(cc1B3c1ccccc1N2c1ccccc1)C1(c2cc3c(cc2S4)N(c2ccccc2)c2cc(N(c4ccccc4)c4ccccc4-c4ccccc4)cc4c2B3c2ccccc2N4c2ccccc2-c2ccccc2)c2ccccc2-c2ccccc21. The van der Waals surface area contributed by atoms with E-state index in [1.54, 1.807) is 0 Å². The first-order chi connectivity index (χ1) is 59.7. The lowest BCUT2D eigenvalue weighted by molar-refractivity contribution is 0.590. The van der Waals surface area contributed by atoms with Crippen LogP contribution in [0.4, 0.5) is 85.3 Å². The minimum Gasteiger partial charge on any atom is -0.311 e. The predicted molar refractivity (Wildman–Crippen MR) is 511 cm³/mol. The zero-order valence-corrected chi connectivity index (χ0v) is 68.0. The molecule has 5 nitrogen and oxygen atoms in total. The van der Waals surface area contributed by atoms with Gasteiger partial charge in [-0.2, -0.15) is 0 Å². The van der Waals surface area contributed by atoms with E-state index < -0.39 is 5.41 Å². The van der Waals surface area contributed by atoms with Crippen LogP contribution in [0.25, 0.3) is 55.6 Å². The largest absolute Gasteiger partial charge is 0.311 e. The highest BCUT2D eigenvalue weighted by Gasteiger charge is 2.55. The van der Waals surface area contributed by atoms with E-state index in [1.165, 1.54) is 98.6 Å². The van der Waals surface area contributed by atoms with Crippen LogP contribution in [0.1, 0.15) is 48.6 Å². The summed E-state index contributed by atoms with van der Waals surface area (Å²) in [5.41, 5.74) is 41.3. The van der Waals surface area contributed by atoms with Gasteiger partial charge in [-0.25, -0.2) is 0 Å². The average Bonchev–Trinajstić information content (AvgIpc) is 1.65. The summed E-state index contributed by atoms with van der Waals surface area (Å²) in [6, 6.07) is 161. The molecule has 24 rings (SSSR count). The van der Waals surface area contributed by atoms with Crippen molar-refractivity contribution >= 4 is 143 Å². The summed E-state index contributed by atoms with van der Waals surface area (Å²) in [6.45, 7) is 6.68. The summed E-state index contributed by atoms with van der Waals surface area (Å²) < 4.78 is 0. The zero-order chi connectivity index (χ0) is 80.2. The number of para-hydroxylation sites is 8. The third-order valence-electron chi connectivity index (χ3n) is 26.2. The molecule has 0 aromatic heterocycles. The minimum atomic E-state index is -0.847. The number of benzene rings is 18. The van der Waals surface area contributed by atoms with Crippen LogP contribution in [-0.4, -0.2) is 13.4 Å². The third-order valence-corrected chi connectivity index (χ3v) is 27.3. The van der Waals surface area contributed by atoms with Gasteiger partial charge in [-0.1, -0.05) is 360 Å². The van der Waals surface area contributed by atoms with Gasteiger partial charge < -0.3 is 24.5 Å². The van der Waals surface area contributed by atoms with E-state index in [1.807, 2.05) is 11.8 Å². The van der Waals surface area contributed by atoms with Crippen molar-refractivity contribution in [1.82, 2.24) is 0 Å². The molecule has 0 saturated carbocycles. The Labute approximate surface area is 712 Å². The molecule has 8 heteroatoms. The van der Waals surface area contributed by atoms with Crippen LogP contribution in [-0.2, 0) is 10.8 Å². The Morgan fingerprint density at radius 2 is 0.620 bits per heavy atom. The van der Waals surface area contributed by atoms with E-state index >= 15 is 0 Å². The lowest BCUT2D eigenvalue weighted by atomic mass is 9.33. The van der Waals surface area contributed by atoms with Crippen LogP contribution in [0, 0.1) is 0 Å². The Morgan fingerprint density at radius 3 is 1.13 bits per heavy atom. The number of fused-ring (bicyclic) bond motifs is 17. The van der Waals surface area contributed by atoms with E-state index in [4.69, 9.17) is 0 Å². The number of hydrogen-bond acceptors (Lipinski definition) is 6. The van der Waals surface area contributed by atoms with Crippen molar-refractivity contribution in [3.05, 3.63) is 452 Å². The molecule has 0 fully saturated rings. The summed E-state index contributed by atoms with van der Waals surface area (Å²) in [4.78, 5) is 15.5. The lowest BCUT2D eigenvalue weighted by Gasteiger charge is -2.48. The van der Waals surface area contributed by atoms with E-state index in [0.717, 1.165) is 113 Å². The Bertz CT molecular complexity index is 7100. The van der Waals surface area contributed by atoms with Gasteiger partial charge in [-0.3, -0.25) is 0 Å². The molecule has 5 aliphatic heterocycles. The van der Waals surface area contributed by atoms with Crippen LogP contribution in [0.2, 0.25) is 0 Å². The predicted octanol–water partition coefficient (Wildman–Crippen LogP) is 26.1. The molecule has 0 N–H and O–H groups in total. The van der Waals surface area contributed by atoms with Crippen LogP contribution >= 0.6 is 11.8 Å². The molecule has 6 aliphatic rings. The molecule has 568 valence electrons. The monoisotopic (exact) mass is 1560 g/mol. The van der Waals surface area contributed by atoms with Crippen molar-refractivity contribution in [3.63, 3.8) is 0 Å². The van der Waals surface area contributed by atoms with Gasteiger partial charge in [0.05, 0.1) is 28.2 Å². The average molecular weight is 1560 g/mol. The summed E-state index contributed by atoms with van der Waals surface area (Å²) in [5.74, 6) is 0. The van der Waals surface area contributed by atoms with Gasteiger partial charge in [0.2, 0.25) is 0 Å². The van der Waals surface area contributed by atoms with Crippen molar-refractivity contribution in [2.24, 2.45) is 0 Å². The van der Waals surface area contributed by atoms with Gasteiger partial charge in [0.25, 0.3) is 13.4 Å². The second-order valence-corrected chi connectivity index (χ2v) is 34.8. The molecule has 5 heterocycles. The highest BCUT2D eigenvalue weighted by Crippen LogP contribution is 2.65. The van der Waals surface area contributed by atoms with Crippen molar-refractivity contribution in [1.29, 1.82) is 0 Å². The number of rotatable bonds is 11. The number of hydrogen-bond donors (Lipinski definition) is 0. The second kappa shape index (κ2) is 27.8. The van der Waals surface area contributed by atoms with Gasteiger partial charge in [-0.05, 0) is 196 Å². The molecule has 0 atom stereocenters. The summed E-state index contributed by atoms with van der Waals surface area (Å²) in [5, 5.41) is 0. The fourth-order valence-electron chi connectivity index (χ4n) is 21.1. The lowest BCUT2D eigenvalue weighted by Crippen LogP contribution is -2.62. The Morgan fingerprint density at radius 1 is 0.256 bits per heavy atom. The van der Waals surface area contributed by atoms with Crippen molar-refractivity contribution < 1.29 is 0 Å². The molecule has 18 aromatic carbocycles. The number of anilines is 15. The molecule has 1 spiro atoms. The Hall–Kier alpha value is -14.6. The zero-order valence-electron chi connectivity index (χ0n) is 67.2. The van der Waals surface area contributed by atoms with Gasteiger partial charge in [0.1, 0.15) is 0 Å². The molecule has 1 aliphatic carbocycles. The second-order valence-electron chi connectivity index (χ2n) is 33.7. The van der Waals surface area contributed by atoms with Gasteiger partial charge >= 0.3 is 0 Å². The highest BCUT2D eigenvalue weighted by atomic mass is 32.2. The quantitative estimate of drug-likeness (QED) is 0.119. The molecule has 0 unspecified atom stereocenters. The maximum absolute atomic E-state index is 2.74. The van der Waals surface area contributed by atoms with E-state index in [9.17, 15) is 0 Å². The molecule has 121 heavy (non-hydrogen) atoms. The van der Waals surface area contributed by atoms with E-state index in [2.05, 4.69) is 470 Å². The molecular formula is C113H79B2N5S. The topological polar surface area (TPSA) is 16.2 Å². The van der Waals surface area contributed by atoms with Crippen molar-refractivity contribution in [2.75, 3.05) is 24.5 Å². The van der Waals surface area contributed by atoms with Crippen LogP contribution in [0.15, 0.2) is 434 Å².